The van der Waals surface area contributed by atoms with E-state index in [9.17, 15) is 13.6 Å². The fourth-order valence-corrected chi connectivity index (χ4v) is 3.17. The summed E-state index contributed by atoms with van der Waals surface area (Å²) in [6.07, 6.45) is 0.910. The van der Waals surface area contributed by atoms with Gasteiger partial charge in [0.05, 0.1) is 0 Å². The van der Waals surface area contributed by atoms with Gasteiger partial charge in [-0.3, -0.25) is 4.79 Å². The molecule has 0 aromatic heterocycles. The largest absolute Gasteiger partial charge is 0.394 e. The highest BCUT2D eigenvalue weighted by Gasteiger charge is 2.25. The third kappa shape index (κ3) is 2.43. The van der Waals surface area contributed by atoms with E-state index in [1.54, 1.807) is 23.7 Å². The number of nitrogen functional groups attached to an aromatic ring is 1. The molecule has 0 saturated carbocycles. The normalized spacial score (nSPS) is 18.9. The molecule has 1 aromatic rings. The molecule has 18 heavy (non-hydrogen) atoms. The second kappa shape index (κ2) is 5.14. The average Bonchev–Trinajstić information content (AvgIpc) is 2.87. The number of carbonyl (C=O) groups is 1. The van der Waals surface area contributed by atoms with E-state index in [0.29, 0.717) is 0 Å². The van der Waals surface area contributed by atoms with E-state index in [1.165, 1.54) is 0 Å². The molecule has 1 amide bonds. The highest BCUT2D eigenvalue weighted by atomic mass is 32.2. The van der Waals surface area contributed by atoms with Gasteiger partial charge in [0.25, 0.3) is 5.91 Å². The zero-order valence-corrected chi connectivity index (χ0v) is 10.8. The lowest BCUT2D eigenvalue weighted by atomic mass is 10.1. The van der Waals surface area contributed by atoms with Crippen LogP contribution in [0.1, 0.15) is 16.8 Å². The summed E-state index contributed by atoms with van der Waals surface area (Å²) < 4.78 is 26.6. The first-order valence-electron chi connectivity index (χ1n) is 5.60. The Morgan fingerprint density at radius 1 is 1.44 bits per heavy atom. The Bertz CT molecular complexity index is 452. The van der Waals surface area contributed by atoms with Gasteiger partial charge in [0.1, 0.15) is 17.3 Å². The van der Waals surface area contributed by atoms with Gasteiger partial charge in [-0.1, -0.05) is 0 Å². The number of halogens is 2. The van der Waals surface area contributed by atoms with Crippen LogP contribution in [0.15, 0.2) is 12.1 Å². The third-order valence-corrected chi connectivity index (χ3v) is 4.24. The molecule has 1 unspecified atom stereocenters. The Morgan fingerprint density at radius 3 is 2.56 bits per heavy atom. The van der Waals surface area contributed by atoms with Crippen molar-refractivity contribution in [2.45, 2.75) is 12.5 Å². The number of hydrogen-bond acceptors (Lipinski definition) is 3. The predicted molar refractivity (Wildman–Crippen MR) is 68.6 cm³/mol. The van der Waals surface area contributed by atoms with Gasteiger partial charge in [-0.25, -0.2) is 8.78 Å². The Morgan fingerprint density at radius 2 is 2.06 bits per heavy atom. The number of nitrogens with two attached hydrogens (primary N) is 1. The lowest BCUT2D eigenvalue weighted by Gasteiger charge is -2.24. The fraction of sp³-hybridized carbons (Fsp3) is 0.417. The summed E-state index contributed by atoms with van der Waals surface area (Å²) in [7, 11) is 1.66. The minimum atomic E-state index is -0.896. The van der Waals surface area contributed by atoms with E-state index >= 15 is 0 Å². The highest BCUT2D eigenvalue weighted by molar-refractivity contribution is 7.99. The summed E-state index contributed by atoms with van der Waals surface area (Å²) in [4.78, 5) is 13.6. The number of rotatable bonds is 2. The van der Waals surface area contributed by atoms with Gasteiger partial charge in [0.2, 0.25) is 0 Å². The Kier molecular flexibility index (Phi) is 3.75. The van der Waals surface area contributed by atoms with Gasteiger partial charge in [-0.05, 0) is 24.3 Å². The maximum Gasteiger partial charge on any atom is 0.254 e. The average molecular weight is 272 g/mol. The first-order chi connectivity index (χ1) is 8.50. The van der Waals surface area contributed by atoms with Crippen LogP contribution in [0.5, 0.6) is 0 Å². The van der Waals surface area contributed by atoms with E-state index in [2.05, 4.69) is 0 Å². The van der Waals surface area contributed by atoms with Crippen molar-refractivity contribution in [1.82, 2.24) is 4.90 Å². The van der Waals surface area contributed by atoms with Crippen LogP contribution in [0.25, 0.3) is 0 Å². The molecule has 1 aliphatic rings. The van der Waals surface area contributed by atoms with Crippen LogP contribution in [0.2, 0.25) is 0 Å². The van der Waals surface area contributed by atoms with Crippen LogP contribution in [-0.4, -0.2) is 35.4 Å². The number of thioether (sulfide) groups is 1. The van der Waals surface area contributed by atoms with Crippen molar-refractivity contribution in [3.05, 3.63) is 29.3 Å². The number of benzene rings is 1. The molecule has 0 bridgehead atoms. The van der Waals surface area contributed by atoms with Crippen LogP contribution >= 0.6 is 11.8 Å². The van der Waals surface area contributed by atoms with Crippen LogP contribution in [0, 0.1) is 11.6 Å². The second-order valence-corrected chi connectivity index (χ2v) is 5.44. The van der Waals surface area contributed by atoms with Gasteiger partial charge in [-0.15, -0.1) is 0 Å². The van der Waals surface area contributed by atoms with E-state index < -0.39 is 17.3 Å². The van der Waals surface area contributed by atoms with Gasteiger partial charge in [0.15, 0.2) is 0 Å². The van der Waals surface area contributed by atoms with Crippen molar-refractivity contribution < 1.29 is 13.6 Å². The van der Waals surface area contributed by atoms with E-state index in [-0.39, 0.29) is 17.5 Å². The molecule has 2 rings (SSSR count). The zero-order valence-electron chi connectivity index (χ0n) is 9.95. The van der Waals surface area contributed by atoms with Crippen molar-refractivity contribution in [3.63, 3.8) is 0 Å². The summed E-state index contributed by atoms with van der Waals surface area (Å²) >= 11 is 1.77. The molecule has 1 fully saturated rings. The second-order valence-electron chi connectivity index (χ2n) is 4.29. The van der Waals surface area contributed by atoms with Crippen molar-refractivity contribution in [3.8, 4) is 0 Å². The summed E-state index contributed by atoms with van der Waals surface area (Å²) in [6, 6.07) is 2.10. The van der Waals surface area contributed by atoms with Gasteiger partial charge < -0.3 is 10.6 Å². The molecule has 1 saturated heterocycles. The molecule has 0 aliphatic carbocycles. The summed E-state index contributed by atoms with van der Waals surface area (Å²) in [6.45, 7) is 0. The molecule has 2 N–H and O–H groups in total. The summed E-state index contributed by atoms with van der Waals surface area (Å²) in [5.41, 5.74) is 4.62. The van der Waals surface area contributed by atoms with Crippen molar-refractivity contribution in [2.24, 2.45) is 0 Å². The fourth-order valence-electron chi connectivity index (χ4n) is 1.90. The van der Waals surface area contributed by atoms with Gasteiger partial charge in [-0.2, -0.15) is 11.8 Å². The molecule has 1 heterocycles. The number of carbonyl (C=O) groups excluding carboxylic acids is 1. The maximum absolute atomic E-state index is 13.3. The molecular weight excluding hydrogens is 258 g/mol. The quantitative estimate of drug-likeness (QED) is 0.839. The Balaban J connectivity index is 2.22. The predicted octanol–water partition coefficient (Wildman–Crippen LogP) is 2.12. The molecule has 0 spiro atoms. The molecule has 0 radical (unpaired) electrons. The van der Waals surface area contributed by atoms with Crippen molar-refractivity contribution >= 4 is 23.4 Å². The van der Waals surface area contributed by atoms with Crippen LogP contribution in [0.4, 0.5) is 14.5 Å². The first kappa shape index (κ1) is 13.1. The Labute approximate surface area is 108 Å². The van der Waals surface area contributed by atoms with E-state index in [1.807, 2.05) is 0 Å². The summed E-state index contributed by atoms with van der Waals surface area (Å²) in [5, 5.41) is 0. The van der Waals surface area contributed by atoms with Crippen LogP contribution in [0.3, 0.4) is 0 Å². The van der Waals surface area contributed by atoms with E-state index in [0.717, 1.165) is 30.1 Å². The lowest BCUT2D eigenvalue weighted by molar-refractivity contribution is 0.0747. The minimum absolute atomic E-state index is 0.00130. The molecule has 3 nitrogen and oxygen atoms in total. The minimum Gasteiger partial charge on any atom is -0.394 e. The van der Waals surface area contributed by atoms with E-state index in [4.69, 9.17) is 5.73 Å². The Hall–Kier alpha value is -1.30. The monoisotopic (exact) mass is 272 g/mol. The smallest absolute Gasteiger partial charge is 0.254 e. The van der Waals surface area contributed by atoms with Crippen molar-refractivity contribution in [2.75, 3.05) is 24.3 Å². The zero-order chi connectivity index (χ0) is 13.3. The topological polar surface area (TPSA) is 46.3 Å². The first-order valence-corrected chi connectivity index (χ1v) is 6.75. The third-order valence-electron chi connectivity index (χ3n) is 3.10. The summed E-state index contributed by atoms with van der Waals surface area (Å²) in [5.74, 6) is -0.296. The number of amides is 1. The highest BCUT2D eigenvalue weighted by Crippen LogP contribution is 2.24. The molecule has 1 aromatic carbocycles. The molecular formula is C12H14F2N2OS. The molecule has 6 heteroatoms. The lowest BCUT2D eigenvalue weighted by Crippen LogP contribution is -2.37. The number of nitrogens with zero attached hydrogens (tertiary/aromatic N) is 1. The number of anilines is 1. The van der Waals surface area contributed by atoms with Crippen LogP contribution in [-0.2, 0) is 0 Å². The molecule has 98 valence electrons. The van der Waals surface area contributed by atoms with Gasteiger partial charge >= 0.3 is 0 Å². The van der Waals surface area contributed by atoms with Crippen molar-refractivity contribution in [1.29, 1.82) is 0 Å². The van der Waals surface area contributed by atoms with Gasteiger partial charge in [0, 0.05) is 24.4 Å². The maximum atomic E-state index is 13.3. The SMILES string of the molecule is CN(C(=O)c1cc(F)c(N)c(F)c1)C1CCSC1. The standard InChI is InChI=1S/C12H14F2N2OS/c1-16(8-2-3-18-6-8)12(17)7-4-9(13)11(15)10(14)5-7/h4-5,8H,2-3,6,15H2,1H3. The molecule has 1 atom stereocenters. The van der Waals surface area contributed by atoms with Crippen LogP contribution < -0.4 is 5.73 Å². The molecule has 1 aliphatic heterocycles. The number of hydrogen-bond donors (Lipinski definition) is 1.